The molecule has 2 unspecified atom stereocenters. The van der Waals surface area contributed by atoms with Crippen molar-refractivity contribution in [3.05, 3.63) is 29.3 Å². The van der Waals surface area contributed by atoms with Gasteiger partial charge in [0.1, 0.15) is 5.75 Å². The van der Waals surface area contributed by atoms with E-state index >= 15 is 0 Å². The van der Waals surface area contributed by atoms with E-state index in [4.69, 9.17) is 4.74 Å². The summed E-state index contributed by atoms with van der Waals surface area (Å²) in [5.74, 6) is 0.375. The lowest BCUT2D eigenvalue weighted by Gasteiger charge is -2.28. The van der Waals surface area contributed by atoms with Crippen molar-refractivity contribution in [2.24, 2.45) is 0 Å². The molecule has 17 heavy (non-hydrogen) atoms. The van der Waals surface area contributed by atoms with Gasteiger partial charge in [-0.25, -0.2) is 0 Å². The minimum atomic E-state index is 0.375. The van der Waals surface area contributed by atoms with Crippen LogP contribution < -0.4 is 5.32 Å². The Labute approximate surface area is 102 Å². The monoisotopic (exact) mass is 233 g/mol. The lowest BCUT2D eigenvalue weighted by atomic mass is 9.87. The molecule has 2 aliphatic rings. The summed E-state index contributed by atoms with van der Waals surface area (Å²) in [7, 11) is 0. The smallest absolute Gasteiger partial charge is 0.115 e. The van der Waals surface area contributed by atoms with Crippen LogP contribution in [0.2, 0.25) is 0 Å². The summed E-state index contributed by atoms with van der Waals surface area (Å²) in [5.41, 5.74) is 2.66. The number of fused-ring (bicyclic) bond motifs is 1. The number of aromatic hydroxyl groups is 1. The number of hydrogen-bond acceptors (Lipinski definition) is 3. The van der Waals surface area contributed by atoms with E-state index in [1.54, 1.807) is 6.07 Å². The molecule has 0 spiro atoms. The van der Waals surface area contributed by atoms with Crippen molar-refractivity contribution in [3.63, 3.8) is 0 Å². The molecule has 3 nitrogen and oxygen atoms in total. The van der Waals surface area contributed by atoms with Gasteiger partial charge >= 0.3 is 0 Å². The number of ether oxygens (including phenoxy) is 1. The third kappa shape index (κ3) is 2.31. The second-order valence-electron chi connectivity index (χ2n) is 5.06. The third-order valence-electron chi connectivity index (χ3n) is 3.81. The summed E-state index contributed by atoms with van der Waals surface area (Å²) in [4.78, 5) is 0. The van der Waals surface area contributed by atoms with Crippen LogP contribution in [-0.2, 0) is 11.2 Å². The van der Waals surface area contributed by atoms with Gasteiger partial charge in [-0.15, -0.1) is 0 Å². The van der Waals surface area contributed by atoms with Crippen LogP contribution in [0, 0.1) is 0 Å². The molecular formula is C14H19NO2. The molecule has 1 saturated heterocycles. The first-order valence-corrected chi connectivity index (χ1v) is 6.48. The average molecular weight is 233 g/mol. The van der Waals surface area contributed by atoms with Crippen LogP contribution in [0.5, 0.6) is 5.75 Å². The van der Waals surface area contributed by atoms with E-state index in [0.717, 1.165) is 32.5 Å². The Morgan fingerprint density at radius 1 is 1.29 bits per heavy atom. The largest absolute Gasteiger partial charge is 0.508 e. The second kappa shape index (κ2) is 4.67. The fourth-order valence-corrected chi connectivity index (χ4v) is 2.91. The fraction of sp³-hybridized carbons (Fsp3) is 0.571. The molecule has 0 radical (unpaired) electrons. The van der Waals surface area contributed by atoms with Crippen LogP contribution in [-0.4, -0.2) is 24.4 Å². The van der Waals surface area contributed by atoms with Crippen molar-refractivity contribution in [2.45, 2.75) is 37.8 Å². The zero-order valence-corrected chi connectivity index (χ0v) is 9.98. The Morgan fingerprint density at radius 2 is 2.24 bits per heavy atom. The van der Waals surface area contributed by atoms with Gasteiger partial charge in [0.25, 0.3) is 0 Å². The summed E-state index contributed by atoms with van der Waals surface area (Å²) in [5, 5.41) is 13.3. The van der Waals surface area contributed by atoms with Crippen molar-refractivity contribution in [2.75, 3.05) is 13.2 Å². The molecule has 3 heteroatoms. The molecule has 2 atom stereocenters. The van der Waals surface area contributed by atoms with E-state index in [1.165, 1.54) is 17.5 Å². The molecule has 0 amide bonds. The van der Waals surface area contributed by atoms with Gasteiger partial charge in [0.05, 0.1) is 6.61 Å². The van der Waals surface area contributed by atoms with Crippen molar-refractivity contribution in [1.82, 2.24) is 5.32 Å². The van der Waals surface area contributed by atoms with Crippen molar-refractivity contribution < 1.29 is 9.84 Å². The van der Waals surface area contributed by atoms with Gasteiger partial charge in [-0.2, -0.15) is 0 Å². The van der Waals surface area contributed by atoms with Crippen molar-refractivity contribution >= 4 is 0 Å². The Bertz CT molecular complexity index is 399. The fourth-order valence-electron chi connectivity index (χ4n) is 2.91. The molecule has 3 rings (SSSR count). The zero-order chi connectivity index (χ0) is 11.7. The molecule has 1 heterocycles. The zero-order valence-electron chi connectivity index (χ0n) is 9.98. The highest BCUT2D eigenvalue weighted by molar-refractivity contribution is 5.38. The van der Waals surface area contributed by atoms with Gasteiger partial charge in [-0.05, 0) is 48.9 Å². The maximum Gasteiger partial charge on any atom is 0.115 e. The molecule has 1 aromatic carbocycles. The predicted octanol–water partition coefficient (Wildman–Crippen LogP) is 2.15. The van der Waals surface area contributed by atoms with E-state index in [-0.39, 0.29) is 0 Å². The van der Waals surface area contributed by atoms with Crippen LogP contribution in [0.4, 0.5) is 0 Å². The number of phenols is 1. The number of rotatable bonds is 2. The van der Waals surface area contributed by atoms with Gasteiger partial charge in [0.2, 0.25) is 0 Å². The van der Waals surface area contributed by atoms with Gasteiger partial charge in [0.15, 0.2) is 0 Å². The number of benzene rings is 1. The lowest BCUT2D eigenvalue weighted by molar-refractivity contribution is 0.187. The van der Waals surface area contributed by atoms with Crippen LogP contribution >= 0.6 is 0 Å². The van der Waals surface area contributed by atoms with Gasteiger partial charge in [-0.1, -0.05) is 6.07 Å². The topological polar surface area (TPSA) is 41.5 Å². The molecule has 92 valence electrons. The first kappa shape index (κ1) is 11.1. The maximum absolute atomic E-state index is 9.61. The Kier molecular flexibility index (Phi) is 3.04. The third-order valence-corrected chi connectivity index (χ3v) is 3.81. The molecule has 1 aliphatic heterocycles. The minimum absolute atomic E-state index is 0.375. The van der Waals surface area contributed by atoms with Crippen LogP contribution in [0.3, 0.4) is 0 Å². The van der Waals surface area contributed by atoms with Crippen molar-refractivity contribution in [3.8, 4) is 5.75 Å². The van der Waals surface area contributed by atoms with E-state index < -0.39 is 0 Å². The van der Waals surface area contributed by atoms with E-state index in [2.05, 4.69) is 11.4 Å². The Balaban J connectivity index is 1.80. The summed E-state index contributed by atoms with van der Waals surface area (Å²) in [6.07, 6.45) is 4.62. The number of hydrogen-bond donors (Lipinski definition) is 2. The molecule has 1 aromatic rings. The highest BCUT2D eigenvalue weighted by Crippen LogP contribution is 2.32. The number of nitrogens with one attached hydrogen (secondary N) is 1. The van der Waals surface area contributed by atoms with Gasteiger partial charge in [0, 0.05) is 18.7 Å². The quantitative estimate of drug-likeness (QED) is 0.822. The van der Waals surface area contributed by atoms with E-state index in [9.17, 15) is 5.11 Å². The number of phenolic OH excluding ortho intramolecular Hbond substituents is 1. The molecule has 1 aliphatic carbocycles. The molecular weight excluding hydrogens is 214 g/mol. The molecule has 0 aromatic heterocycles. The molecule has 1 fully saturated rings. The normalized spacial score (nSPS) is 28.0. The molecule has 0 bridgehead atoms. The SMILES string of the molecule is Oc1ccc2c(c1)C(NC1CCOC1)CCC2. The standard InChI is InChI=1S/C14H19NO2/c16-12-5-4-10-2-1-3-14(13(10)8-12)15-11-6-7-17-9-11/h4-5,8,11,14-16H,1-3,6-7,9H2. The Hall–Kier alpha value is -1.06. The number of aryl methyl sites for hydroxylation is 1. The van der Waals surface area contributed by atoms with Crippen LogP contribution in [0.15, 0.2) is 18.2 Å². The van der Waals surface area contributed by atoms with E-state index in [1.807, 2.05) is 6.07 Å². The second-order valence-corrected chi connectivity index (χ2v) is 5.06. The average Bonchev–Trinajstić information content (AvgIpc) is 2.83. The Morgan fingerprint density at radius 3 is 3.06 bits per heavy atom. The summed E-state index contributed by atoms with van der Waals surface area (Å²) in [6, 6.07) is 6.64. The van der Waals surface area contributed by atoms with Gasteiger partial charge < -0.3 is 15.2 Å². The molecule has 0 saturated carbocycles. The minimum Gasteiger partial charge on any atom is -0.508 e. The first-order chi connectivity index (χ1) is 8.33. The van der Waals surface area contributed by atoms with E-state index in [0.29, 0.717) is 17.8 Å². The maximum atomic E-state index is 9.61. The highest BCUT2D eigenvalue weighted by atomic mass is 16.5. The first-order valence-electron chi connectivity index (χ1n) is 6.48. The summed E-state index contributed by atoms with van der Waals surface area (Å²) in [6.45, 7) is 1.70. The van der Waals surface area contributed by atoms with Crippen molar-refractivity contribution in [1.29, 1.82) is 0 Å². The van der Waals surface area contributed by atoms with Crippen LogP contribution in [0.25, 0.3) is 0 Å². The van der Waals surface area contributed by atoms with Crippen LogP contribution in [0.1, 0.15) is 36.4 Å². The highest BCUT2D eigenvalue weighted by Gasteiger charge is 2.24. The summed E-state index contributed by atoms with van der Waals surface area (Å²) < 4.78 is 5.40. The molecule has 2 N–H and O–H groups in total. The van der Waals surface area contributed by atoms with Gasteiger partial charge in [-0.3, -0.25) is 0 Å². The predicted molar refractivity (Wildman–Crippen MR) is 66.1 cm³/mol. The lowest BCUT2D eigenvalue weighted by Crippen LogP contribution is -2.34. The summed E-state index contributed by atoms with van der Waals surface area (Å²) >= 11 is 0.